The Labute approximate surface area is 136 Å². The molecule has 1 saturated heterocycles. The van der Waals surface area contributed by atoms with E-state index in [9.17, 15) is 8.42 Å². The van der Waals surface area contributed by atoms with Gasteiger partial charge in [0.05, 0.1) is 18.1 Å². The number of benzene rings is 1. The molecule has 0 aliphatic carbocycles. The average Bonchev–Trinajstić information content (AvgIpc) is 2.42. The summed E-state index contributed by atoms with van der Waals surface area (Å²) in [5, 5.41) is 0. The summed E-state index contributed by atoms with van der Waals surface area (Å²) in [6, 6.07) is 3.38. The van der Waals surface area contributed by atoms with E-state index in [1.54, 1.807) is 10.4 Å². The van der Waals surface area contributed by atoms with E-state index in [4.69, 9.17) is 4.74 Å². The second kappa shape index (κ2) is 6.44. The number of hydrogen-bond donors (Lipinski definition) is 0. The lowest BCUT2D eigenvalue weighted by Gasteiger charge is -2.34. The van der Waals surface area contributed by atoms with Gasteiger partial charge in [0.15, 0.2) is 0 Å². The van der Waals surface area contributed by atoms with E-state index in [2.05, 4.69) is 31.9 Å². The van der Waals surface area contributed by atoms with E-state index < -0.39 is 10.0 Å². The molecule has 4 nitrogen and oxygen atoms in total. The summed E-state index contributed by atoms with van der Waals surface area (Å²) in [5.41, 5.74) is 0.991. The first-order valence-electron chi connectivity index (χ1n) is 6.43. The van der Waals surface area contributed by atoms with Crippen LogP contribution >= 0.6 is 31.9 Å². The number of ether oxygens (including phenoxy) is 1. The van der Waals surface area contributed by atoms with Gasteiger partial charge in [-0.25, -0.2) is 8.42 Å². The molecule has 0 bridgehead atoms. The molecule has 1 unspecified atom stereocenters. The minimum absolute atomic E-state index is 0.0965. The smallest absolute Gasteiger partial charge is 0.244 e. The number of hydrogen-bond acceptors (Lipinski definition) is 3. The van der Waals surface area contributed by atoms with Crippen molar-refractivity contribution < 1.29 is 13.2 Å². The van der Waals surface area contributed by atoms with Crippen LogP contribution < -0.4 is 0 Å². The van der Waals surface area contributed by atoms with Gasteiger partial charge in [-0.15, -0.1) is 0 Å². The average molecular weight is 427 g/mol. The number of aryl methyl sites for hydroxylation is 1. The van der Waals surface area contributed by atoms with Crippen LogP contribution in [-0.2, 0) is 14.8 Å². The van der Waals surface area contributed by atoms with Crippen LogP contribution in [-0.4, -0.2) is 38.5 Å². The Bertz CT molecular complexity index is 604. The molecule has 20 heavy (non-hydrogen) atoms. The predicted octanol–water partition coefficient (Wildman–Crippen LogP) is 3.32. The van der Waals surface area contributed by atoms with Gasteiger partial charge < -0.3 is 4.74 Å². The second-order valence-corrected chi connectivity index (χ2v) is 8.35. The minimum atomic E-state index is -3.52. The lowest BCUT2D eigenvalue weighted by molar-refractivity contribution is 0.0314. The van der Waals surface area contributed by atoms with Gasteiger partial charge in [0.1, 0.15) is 0 Å². The second-order valence-electron chi connectivity index (χ2n) is 4.78. The zero-order valence-electron chi connectivity index (χ0n) is 11.4. The topological polar surface area (TPSA) is 46.6 Å². The third kappa shape index (κ3) is 3.11. The normalized spacial score (nSPS) is 21.1. The fourth-order valence-corrected chi connectivity index (χ4v) is 5.54. The van der Waals surface area contributed by atoms with Crippen LogP contribution in [0.25, 0.3) is 0 Å². The van der Waals surface area contributed by atoms with Crippen molar-refractivity contribution in [3.05, 3.63) is 26.6 Å². The third-order valence-corrected chi connectivity index (χ3v) is 7.21. The first-order chi connectivity index (χ1) is 9.37. The van der Waals surface area contributed by atoms with Crippen molar-refractivity contribution in [2.75, 3.05) is 19.8 Å². The molecule has 0 N–H and O–H groups in total. The molecule has 1 aromatic carbocycles. The molecule has 1 aliphatic rings. The highest BCUT2D eigenvalue weighted by Crippen LogP contribution is 2.32. The minimum Gasteiger partial charge on any atom is -0.378 e. The van der Waals surface area contributed by atoms with Crippen LogP contribution in [0.2, 0.25) is 0 Å². The van der Waals surface area contributed by atoms with Crippen LogP contribution in [0.4, 0.5) is 0 Å². The number of rotatable bonds is 3. The molecule has 1 aliphatic heterocycles. The molecule has 0 spiro atoms. The number of sulfonamides is 1. The Morgan fingerprint density at radius 2 is 2.05 bits per heavy atom. The Morgan fingerprint density at radius 3 is 2.70 bits per heavy atom. The Kier molecular flexibility index (Phi) is 5.29. The third-order valence-electron chi connectivity index (χ3n) is 3.44. The van der Waals surface area contributed by atoms with E-state index in [1.807, 2.05) is 19.9 Å². The highest BCUT2D eigenvalue weighted by atomic mass is 79.9. The molecule has 0 aromatic heterocycles. The van der Waals surface area contributed by atoms with Crippen molar-refractivity contribution in [3.63, 3.8) is 0 Å². The molecular weight excluding hydrogens is 410 g/mol. The molecule has 0 saturated carbocycles. The lowest BCUT2D eigenvalue weighted by Crippen LogP contribution is -2.48. The molecule has 1 heterocycles. The van der Waals surface area contributed by atoms with Crippen molar-refractivity contribution in [2.24, 2.45) is 0 Å². The molecule has 1 fully saturated rings. The van der Waals surface area contributed by atoms with Crippen LogP contribution in [0, 0.1) is 6.92 Å². The monoisotopic (exact) mass is 425 g/mol. The zero-order chi connectivity index (χ0) is 14.9. The van der Waals surface area contributed by atoms with Crippen LogP contribution in [0.3, 0.4) is 0 Å². The Hall–Kier alpha value is 0.0500. The Morgan fingerprint density at radius 1 is 1.35 bits per heavy atom. The number of nitrogens with zero attached hydrogens (tertiary/aromatic N) is 1. The van der Waals surface area contributed by atoms with Crippen molar-refractivity contribution in [3.8, 4) is 0 Å². The number of morpholine rings is 1. The van der Waals surface area contributed by atoms with Crippen molar-refractivity contribution in [1.82, 2.24) is 4.31 Å². The standard InChI is InChI=1S/C13H17Br2NO3S/c1-3-10-8-19-5-4-16(10)20(17,18)13-7-11(14)9(2)6-12(13)15/h6-7,10H,3-5,8H2,1-2H3. The molecule has 0 amide bonds. The van der Waals surface area contributed by atoms with Crippen LogP contribution in [0.5, 0.6) is 0 Å². The maximum atomic E-state index is 12.9. The van der Waals surface area contributed by atoms with E-state index in [0.717, 1.165) is 16.5 Å². The van der Waals surface area contributed by atoms with Gasteiger partial charge in [-0.1, -0.05) is 22.9 Å². The fourth-order valence-electron chi connectivity index (χ4n) is 2.23. The fraction of sp³-hybridized carbons (Fsp3) is 0.538. The largest absolute Gasteiger partial charge is 0.378 e. The van der Waals surface area contributed by atoms with Crippen LogP contribution in [0.1, 0.15) is 18.9 Å². The molecule has 112 valence electrons. The predicted molar refractivity (Wildman–Crippen MR) is 85.4 cm³/mol. The lowest BCUT2D eigenvalue weighted by atomic mass is 10.2. The summed E-state index contributed by atoms with van der Waals surface area (Å²) in [6.45, 7) is 5.20. The number of halogens is 2. The maximum absolute atomic E-state index is 12.9. The molecule has 1 aromatic rings. The SMILES string of the molecule is CCC1COCCN1S(=O)(=O)c1cc(Br)c(C)cc1Br. The van der Waals surface area contributed by atoms with Crippen LogP contribution in [0.15, 0.2) is 26.0 Å². The summed E-state index contributed by atoms with van der Waals surface area (Å²) in [6.07, 6.45) is 0.740. The van der Waals surface area contributed by atoms with E-state index in [-0.39, 0.29) is 6.04 Å². The highest BCUT2D eigenvalue weighted by molar-refractivity contribution is 9.11. The summed E-state index contributed by atoms with van der Waals surface area (Å²) in [4.78, 5) is 0.301. The summed E-state index contributed by atoms with van der Waals surface area (Å²) >= 11 is 6.77. The van der Waals surface area contributed by atoms with Crippen molar-refractivity contribution in [1.29, 1.82) is 0 Å². The molecule has 1 atom stereocenters. The first kappa shape index (κ1) is 16.4. The van der Waals surface area contributed by atoms with E-state index >= 15 is 0 Å². The molecular formula is C13H17Br2NO3S. The molecule has 2 rings (SSSR count). The van der Waals surface area contributed by atoms with Gasteiger partial charge in [-0.05, 0) is 47.0 Å². The van der Waals surface area contributed by atoms with E-state index in [0.29, 0.717) is 29.1 Å². The van der Waals surface area contributed by atoms with Gasteiger partial charge in [-0.2, -0.15) is 4.31 Å². The van der Waals surface area contributed by atoms with Gasteiger partial charge in [-0.3, -0.25) is 0 Å². The Balaban J connectivity index is 2.46. The summed E-state index contributed by atoms with van der Waals surface area (Å²) in [5.74, 6) is 0. The van der Waals surface area contributed by atoms with Gasteiger partial charge in [0, 0.05) is 21.5 Å². The quantitative estimate of drug-likeness (QED) is 0.744. The maximum Gasteiger partial charge on any atom is 0.244 e. The van der Waals surface area contributed by atoms with Crippen molar-refractivity contribution in [2.45, 2.75) is 31.2 Å². The molecule has 0 radical (unpaired) electrons. The van der Waals surface area contributed by atoms with Gasteiger partial charge >= 0.3 is 0 Å². The first-order valence-corrected chi connectivity index (χ1v) is 9.45. The van der Waals surface area contributed by atoms with E-state index in [1.165, 1.54) is 0 Å². The highest BCUT2D eigenvalue weighted by Gasteiger charge is 2.34. The summed E-state index contributed by atoms with van der Waals surface area (Å²) in [7, 11) is -3.52. The molecule has 7 heteroatoms. The zero-order valence-corrected chi connectivity index (χ0v) is 15.4. The van der Waals surface area contributed by atoms with Gasteiger partial charge in [0.25, 0.3) is 0 Å². The van der Waals surface area contributed by atoms with Crippen molar-refractivity contribution >= 4 is 41.9 Å². The van der Waals surface area contributed by atoms with Gasteiger partial charge in [0.2, 0.25) is 10.0 Å². The summed E-state index contributed by atoms with van der Waals surface area (Å²) < 4.78 is 34.0.